The van der Waals surface area contributed by atoms with E-state index in [-0.39, 0.29) is 0 Å². The molecule has 0 saturated carbocycles. The fourth-order valence-corrected chi connectivity index (χ4v) is 2.50. The minimum absolute atomic E-state index is 0.849. The van der Waals surface area contributed by atoms with Gasteiger partial charge in [-0.05, 0) is 38.8 Å². The summed E-state index contributed by atoms with van der Waals surface area (Å²) in [6.07, 6.45) is 0.849. The molecule has 0 amide bonds. The molecule has 0 radical (unpaired) electrons. The minimum Gasteiger partial charge on any atom is -0.233 e. The minimum atomic E-state index is 0.849. The number of rotatable bonds is 1. The van der Waals surface area contributed by atoms with Gasteiger partial charge in [0.25, 0.3) is 0 Å². The fourth-order valence-electron chi connectivity index (χ4n) is 1.98. The second-order valence-electron chi connectivity index (χ2n) is 4.00. The van der Waals surface area contributed by atoms with Gasteiger partial charge < -0.3 is 0 Å². The van der Waals surface area contributed by atoms with Crippen LogP contribution in [-0.2, 0) is 6.42 Å². The zero-order valence-electron chi connectivity index (χ0n) is 9.44. The van der Waals surface area contributed by atoms with Crippen molar-refractivity contribution < 1.29 is 0 Å². The van der Waals surface area contributed by atoms with Gasteiger partial charge in [0.15, 0.2) is 0 Å². The average molecular weight is 287 g/mol. The maximum atomic E-state index is 4.56. The molecule has 17 heavy (non-hydrogen) atoms. The topological polar surface area (TPSA) is 25.8 Å². The van der Waals surface area contributed by atoms with E-state index in [9.17, 15) is 0 Å². The Kier molecular flexibility index (Phi) is 2.56. The Hall–Kier alpha value is -1.48. The molecule has 3 heteroatoms. The molecule has 0 spiro atoms. The number of hydrogen-bond acceptors (Lipinski definition) is 2. The molecule has 0 aliphatic carbocycles. The van der Waals surface area contributed by atoms with E-state index in [1.807, 2.05) is 12.1 Å². The molecule has 3 rings (SSSR count). The molecule has 2 aromatic carbocycles. The number of fused-ring (bicyclic) bond motifs is 2. The van der Waals surface area contributed by atoms with Gasteiger partial charge in [-0.1, -0.05) is 31.2 Å². The van der Waals surface area contributed by atoms with Gasteiger partial charge in [-0.2, -0.15) is 0 Å². The Bertz CT molecular complexity index is 707. The fraction of sp³-hybridized carbons (Fsp3) is 0.143. The van der Waals surface area contributed by atoms with Crippen molar-refractivity contribution in [3.8, 4) is 0 Å². The van der Waals surface area contributed by atoms with Crippen molar-refractivity contribution in [2.75, 3.05) is 0 Å². The van der Waals surface area contributed by atoms with Crippen LogP contribution in [-0.4, -0.2) is 9.97 Å². The summed E-state index contributed by atoms with van der Waals surface area (Å²) < 4.78 is 0.880. The van der Waals surface area contributed by atoms with Gasteiger partial charge >= 0.3 is 0 Å². The molecule has 0 N–H and O–H groups in total. The SMILES string of the molecule is CCc1nc(Br)c2cc3ccccc3cc2n1. The van der Waals surface area contributed by atoms with Crippen LogP contribution in [0.1, 0.15) is 12.7 Å². The molecule has 0 unspecified atom stereocenters. The van der Waals surface area contributed by atoms with Gasteiger partial charge in [-0.3, -0.25) is 0 Å². The first kappa shape index (κ1) is 10.7. The molecule has 0 aliphatic heterocycles. The van der Waals surface area contributed by atoms with Crippen molar-refractivity contribution in [3.05, 3.63) is 46.8 Å². The molecule has 1 aromatic heterocycles. The molecule has 84 valence electrons. The molecule has 0 saturated heterocycles. The first-order chi connectivity index (χ1) is 8.28. The molecule has 0 aliphatic rings. The number of hydrogen-bond donors (Lipinski definition) is 0. The highest BCUT2D eigenvalue weighted by Gasteiger charge is 2.05. The number of benzene rings is 2. The van der Waals surface area contributed by atoms with E-state index < -0.39 is 0 Å². The standard InChI is InChI=1S/C14H11BrN2/c1-2-13-16-12-8-10-6-4-3-5-9(10)7-11(12)14(15)17-13/h3-8H,2H2,1H3. The van der Waals surface area contributed by atoms with E-state index in [1.54, 1.807) is 0 Å². The summed E-state index contributed by atoms with van der Waals surface area (Å²) in [7, 11) is 0. The van der Waals surface area contributed by atoms with E-state index in [4.69, 9.17) is 0 Å². The third-order valence-electron chi connectivity index (χ3n) is 2.88. The van der Waals surface area contributed by atoms with Gasteiger partial charge in [0.2, 0.25) is 0 Å². The molecular formula is C14H11BrN2. The molecule has 0 fully saturated rings. The second-order valence-corrected chi connectivity index (χ2v) is 4.75. The highest BCUT2D eigenvalue weighted by atomic mass is 79.9. The molecule has 0 bridgehead atoms. The van der Waals surface area contributed by atoms with Crippen LogP contribution in [0.25, 0.3) is 21.7 Å². The normalized spacial score (nSPS) is 11.2. The second kappa shape index (κ2) is 4.08. The number of halogens is 1. The Morgan fingerprint density at radius 3 is 2.47 bits per heavy atom. The van der Waals surface area contributed by atoms with Crippen LogP contribution in [0.4, 0.5) is 0 Å². The van der Waals surface area contributed by atoms with Gasteiger partial charge in [0.1, 0.15) is 10.4 Å². The van der Waals surface area contributed by atoms with Gasteiger partial charge in [0.05, 0.1) is 5.52 Å². The van der Waals surface area contributed by atoms with Gasteiger partial charge in [-0.25, -0.2) is 9.97 Å². The van der Waals surface area contributed by atoms with Crippen molar-refractivity contribution in [3.63, 3.8) is 0 Å². The van der Waals surface area contributed by atoms with Crippen LogP contribution in [0.5, 0.6) is 0 Å². The van der Waals surface area contributed by atoms with E-state index in [2.05, 4.69) is 57.1 Å². The zero-order chi connectivity index (χ0) is 11.8. The van der Waals surface area contributed by atoms with Crippen molar-refractivity contribution in [2.24, 2.45) is 0 Å². The maximum Gasteiger partial charge on any atom is 0.130 e. The molecule has 1 heterocycles. The number of aromatic nitrogens is 2. The molecular weight excluding hydrogens is 276 g/mol. The number of nitrogens with zero attached hydrogens (tertiary/aromatic N) is 2. The Morgan fingerprint density at radius 2 is 1.76 bits per heavy atom. The van der Waals surface area contributed by atoms with Crippen molar-refractivity contribution in [1.82, 2.24) is 9.97 Å². The maximum absolute atomic E-state index is 4.56. The van der Waals surface area contributed by atoms with Crippen LogP contribution in [0.3, 0.4) is 0 Å². The quantitative estimate of drug-likeness (QED) is 0.497. The van der Waals surface area contributed by atoms with Crippen LogP contribution >= 0.6 is 15.9 Å². The third-order valence-corrected chi connectivity index (χ3v) is 3.48. The van der Waals surface area contributed by atoms with Crippen molar-refractivity contribution in [1.29, 1.82) is 0 Å². The summed E-state index contributed by atoms with van der Waals surface area (Å²) >= 11 is 3.52. The lowest BCUT2D eigenvalue weighted by molar-refractivity contribution is 0.951. The monoisotopic (exact) mass is 286 g/mol. The van der Waals surface area contributed by atoms with Crippen molar-refractivity contribution >= 4 is 37.6 Å². The Labute approximate surface area is 108 Å². The van der Waals surface area contributed by atoms with Crippen LogP contribution in [0.15, 0.2) is 41.0 Å². The summed E-state index contributed by atoms with van der Waals surface area (Å²) in [6, 6.07) is 12.6. The van der Waals surface area contributed by atoms with E-state index in [0.29, 0.717) is 0 Å². The highest BCUT2D eigenvalue weighted by molar-refractivity contribution is 9.10. The highest BCUT2D eigenvalue weighted by Crippen LogP contribution is 2.26. The summed E-state index contributed by atoms with van der Waals surface area (Å²) in [4.78, 5) is 9.00. The van der Waals surface area contributed by atoms with Gasteiger partial charge in [0, 0.05) is 11.8 Å². The lowest BCUT2D eigenvalue weighted by atomic mass is 10.1. The predicted molar refractivity (Wildman–Crippen MR) is 74.1 cm³/mol. The molecule has 3 aromatic rings. The smallest absolute Gasteiger partial charge is 0.130 e. The largest absolute Gasteiger partial charge is 0.233 e. The van der Waals surface area contributed by atoms with E-state index in [0.717, 1.165) is 27.8 Å². The summed E-state index contributed by atoms with van der Waals surface area (Å²) in [5.74, 6) is 0.875. The summed E-state index contributed by atoms with van der Waals surface area (Å²) in [5, 5.41) is 3.50. The summed E-state index contributed by atoms with van der Waals surface area (Å²) in [5.41, 5.74) is 1.00. The predicted octanol–water partition coefficient (Wildman–Crippen LogP) is 4.11. The number of aryl methyl sites for hydroxylation is 1. The first-order valence-electron chi connectivity index (χ1n) is 5.63. The van der Waals surface area contributed by atoms with E-state index in [1.165, 1.54) is 10.8 Å². The van der Waals surface area contributed by atoms with Gasteiger partial charge in [-0.15, -0.1) is 0 Å². The van der Waals surface area contributed by atoms with Crippen LogP contribution < -0.4 is 0 Å². The molecule has 0 atom stereocenters. The van der Waals surface area contributed by atoms with Crippen LogP contribution in [0, 0.1) is 0 Å². The molecule has 2 nitrogen and oxygen atoms in total. The Morgan fingerprint density at radius 1 is 1.06 bits per heavy atom. The van der Waals surface area contributed by atoms with Crippen LogP contribution in [0.2, 0.25) is 0 Å². The summed E-state index contributed by atoms with van der Waals surface area (Å²) in [6.45, 7) is 2.06. The van der Waals surface area contributed by atoms with E-state index >= 15 is 0 Å². The first-order valence-corrected chi connectivity index (χ1v) is 6.42. The third kappa shape index (κ3) is 1.80. The Balaban J connectivity index is 2.43. The lowest BCUT2D eigenvalue weighted by Gasteiger charge is -2.05. The average Bonchev–Trinajstić information content (AvgIpc) is 2.36. The lowest BCUT2D eigenvalue weighted by Crippen LogP contribution is -1.94. The zero-order valence-corrected chi connectivity index (χ0v) is 11.0. The van der Waals surface area contributed by atoms with Crippen molar-refractivity contribution in [2.45, 2.75) is 13.3 Å².